The zero-order chi connectivity index (χ0) is 16.9. The Bertz CT molecular complexity index is 858. The number of amides is 1. The molecule has 0 aliphatic heterocycles. The lowest BCUT2D eigenvalue weighted by molar-refractivity contribution is -0.142. The summed E-state index contributed by atoms with van der Waals surface area (Å²) in [5.41, 5.74) is 2.31. The number of carbonyl (C=O) groups excluding carboxylic acids is 2. The van der Waals surface area contributed by atoms with Crippen LogP contribution in [0.5, 0.6) is 0 Å². The fraction of sp³-hybridized carbons (Fsp3) is 0.167. The molecular formula is C18H17N3O3. The summed E-state index contributed by atoms with van der Waals surface area (Å²) in [5, 5.41) is 3.74. The molecule has 6 heteroatoms. The van der Waals surface area contributed by atoms with Crippen LogP contribution in [-0.4, -0.2) is 35.0 Å². The van der Waals surface area contributed by atoms with Gasteiger partial charge in [-0.3, -0.25) is 9.78 Å². The SMILES string of the molecule is COC(=O)[C@H](Cc1c[nH]c2ccccc12)NC(=O)c1cccnc1. The normalized spacial score (nSPS) is 11.9. The van der Waals surface area contributed by atoms with Gasteiger partial charge in [-0.05, 0) is 23.8 Å². The van der Waals surface area contributed by atoms with Crippen LogP contribution in [0.25, 0.3) is 10.9 Å². The van der Waals surface area contributed by atoms with E-state index in [2.05, 4.69) is 15.3 Å². The Hall–Kier alpha value is -3.15. The van der Waals surface area contributed by atoms with E-state index in [-0.39, 0.29) is 5.91 Å². The third-order valence-electron chi connectivity index (χ3n) is 3.81. The van der Waals surface area contributed by atoms with Gasteiger partial charge in [-0.25, -0.2) is 4.79 Å². The second kappa shape index (κ2) is 6.95. The first-order valence-electron chi connectivity index (χ1n) is 7.52. The van der Waals surface area contributed by atoms with Gasteiger partial charge in [0.15, 0.2) is 0 Å². The summed E-state index contributed by atoms with van der Waals surface area (Å²) in [6, 6.07) is 10.3. The number of benzene rings is 1. The Morgan fingerprint density at radius 2 is 2.08 bits per heavy atom. The number of fused-ring (bicyclic) bond motifs is 1. The van der Waals surface area contributed by atoms with E-state index in [1.54, 1.807) is 18.3 Å². The van der Waals surface area contributed by atoms with E-state index in [0.29, 0.717) is 12.0 Å². The maximum atomic E-state index is 12.3. The van der Waals surface area contributed by atoms with Gasteiger partial charge in [0.05, 0.1) is 12.7 Å². The second-order valence-corrected chi connectivity index (χ2v) is 5.35. The zero-order valence-corrected chi connectivity index (χ0v) is 13.2. The van der Waals surface area contributed by atoms with Crippen LogP contribution in [-0.2, 0) is 16.0 Å². The van der Waals surface area contributed by atoms with Crippen molar-refractivity contribution in [2.24, 2.45) is 0 Å². The Balaban J connectivity index is 1.82. The van der Waals surface area contributed by atoms with E-state index in [0.717, 1.165) is 16.5 Å². The first kappa shape index (κ1) is 15.7. The van der Waals surface area contributed by atoms with Crippen molar-refractivity contribution >= 4 is 22.8 Å². The van der Waals surface area contributed by atoms with Gasteiger partial charge in [0.2, 0.25) is 0 Å². The van der Waals surface area contributed by atoms with Gasteiger partial charge in [-0.2, -0.15) is 0 Å². The summed E-state index contributed by atoms with van der Waals surface area (Å²) in [7, 11) is 1.31. The molecule has 1 aromatic carbocycles. The predicted octanol–water partition coefficient (Wildman–Crippen LogP) is 2.08. The van der Waals surface area contributed by atoms with E-state index in [1.165, 1.54) is 13.3 Å². The molecule has 0 aliphatic carbocycles. The van der Waals surface area contributed by atoms with Gasteiger partial charge in [-0.1, -0.05) is 18.2 Å². The first-order chi connectivity index (χ1) is 11.7. The monoisotopic (exact) mass is 323 g/mol. The number of nitrogens with zero attached hydrogens (tertiary/aromatic N) is 1. The van der Waals surface area contributed by atoms with Crippen LogP contribution in [0.1, 0.15) is 15.9 Å². The molecule has 2 heterocycles. The van der Waals surface area contributed by atoms with Gasteiger partial charge >= 0.3 is 5.97 Å². The summed E-state index contributed by atoms with van der Waals surface area (Å²) in [6.45, 7) is 0. The standard InChI is InChI=1S/C18H17N3O3/c1-24-18(23)16(21-17(22)12-5-4-8-19-10-12)9-13-11-20-15-7-3-2-6-14(13)15/h2-8,10-11,16,20H,9H2,1H3,(H,21,22)/t16-/m0/s1. The Morgan fingerprint density at radius 1 is 1.25 bits per heavy atom. The Morgan fingerprint density at radius 3 is 2.83 bits per heavy atom. The number of methoxy groups -OCH3 is 1. The molecule has 0 fully saturated rings. The highest BCUT2D eigenvalue weighted by molar-refractivity contribution is 5.96. The van der Waals surface area contributed by atoms with Crippen LogP contribution in [0.3, 0.4) is 0 Å². The van der Waals surface area contributed by atoms with Crippen molar-refractivity contribution in [3.05, 3.63) is 66.1 Å². The van der Waals surface area contributed by atoms with Gasteiger partial charge in [-0.15, -0.1) is 0 Å². The van der Waals surface area contributed by atoms with Crippen LogP contribution >= 0.6 is 0 Å². The van der Waals surface area contributed by atoms with Gasteiger partial charge in [0, 0.05) is 35.9 Å². The fourth-order valence-corrected chi connectivity index (χ4v) is 2.59. The molecule has 0 unspecified atom stereocenters. The van der Waals surface area contributed by atoms with Crippen molar-refractivity contribution in [1.29, 1.82) is 0 Å². The molecule has 1 amide bonds. The minimum Gasteiger partial charge on any atom is -0.467 e. The van der Waals surface area contributed by atoms with Crippen LogP contribution in [0.2, 0.25) is 0 Å². The van der Waals surface area contributed by atoms with Crippen molar-refractivity contribution in [2.75, 3.05) is 7.11 Å². The van der Waals surface area contributed by atoms with E-state index < -0.39 is 12.0 Å². The molecule has 0 saturated carbocycles. The first-order valence-corrected chi connectivity index (χ1v) is 7.52. The van der Waals surface area contributed by atoms with Crippen molar-refractivity contribution in [3.8, 4) is 0 Å². The maximum absolute atomic E-state index is 12.3. The predicted molar refractivity (Wildman–Crippen MR) is 89.5 cm³/mol. The summed E-state index contributed by atoms with van der Waals surface area (Å²) < 4.78 is 4.83. The molecule has 122 valence electrons. The Labute approximate surface area is 138 Å². The average molecular weight is 323 g/mol. The van der Waals surface area contributed by atoms with Crippen LogP contribution < -0.4 is 5.32 Å². The molecule has 6 nitrogen and oxygen atoms in total. The smallest absolute Gasteiger partial charge is 0.328 e. The molecule has 1 atom stereocenters. The third-order valence-corrected chi connectivity index (χ3v) is 3.81. The lowest BCUT2D eigenvalue weighted by Gasteiger charge is -2.16. The number of nitrogens with one attached hydrogen (secondary N) is 2. The van der Waals surface area contributed by atoms with E-state index in [1.807, 2.05) is 30.5 Å². The molecule has 3 rings (SSSR count). The third kappa shape index (κ3) is 3.27. The summed E-state index contributed by atoms with van der Waals surface area (Å²) in [6.07, 6.45) is 5.22. The molecule has 0 spiro atoms. The molecule has 3 aromatic rings. The van der Waals surface area contributed by atoms with Crippen molar-refractivity contribution in [1.82, 2.24) is 15.3 Å². The van der Waals surface area contributed by atoms with Crippen molar-refractivity contribution in [3.63, 3.8) is 0 Å². The largest absolute Gasteiger partial charge is 0.467 e. The summed E-state index contributed by atoms with van der Waals surface area (Å²) in [4.78, 5) is 31.5. The number of esters is 1. The molecule has 2 aromatic heterocycles. The van der Waals surface area contributed by atoms with Gasteiger partial charge in [0.1, 0.15) is 6.04 Å². The number of rotatable bonds is 5. The number of hydrogen-bond acceptors (Lipinski definition) is 4. The molecule has 24 heavy (non-hydrogen) atoms. The van der Waals surface area contributed by atoms with Gasteiger partial charge < -0.3 is 15.0 Å². The Kier molecular flexibility index (Phi) is 4.56. The van der Waals surface area contributed by atoms with Gasteiger partial charge in [0.25, 0.3) is 5.91 Å². The topological polar surface area (TPSA) is 84.1 Å². The molecule has 2 N–H and O–H groups in total. The lowest BCUT2D eigenvalue weighted by atomic mass is 10.0. The molecule has 0 bridgehead atoms. The number of H-pyrrole nitrogens is 1. The zero-order valence-electron chi connectivity index (χ0n) is 13.2. The molecule has 0 radical (unpaired) electrons. The number of carbonyl (C=O) groups is 2. The average Bonchev–Trinajstić information content (AvgIpc) is 3.04. The molecule has 0 aliphatic rings. The van der Waals surface area contributed by atoms with E-state index in [4.69, 9.17) is 4.74 Å². The number of para-hydroxylation sites is 1. The number of pyridine rings is 1. The fourth-order valence-electron chi connectivity index (χ4n) is 2.59. The maximum Gasteiger partial charge on any atom is 0.328 e. The van der Waals surface area contributed by atoms with Crippen molar-refractivity contribution < 1.29 is 14.3 Å². The van der Waals surface area contributed by atoms with E-state index >= 15 is 0 Å². The van der Waals surface area contributed by atoms with Crippen LogP contribution in [0.15, 0.2) is 55.0 Å². The number of aromatic amines is 1. The minimum absolute atomic E-state index is 0.336. The second-order valence-electron chi connectivity index (χ2n) is 5.35. The van der Waals surface area contributed by atoms with Crippen LogP contribution in [0.4, 0.5) is 0 Å². The summed E-state index contributed by atoms with van der Waals surface area (Å²) in [5.74, 6) is -0.851. The van der Waals surface area contributed by atoms with Crippen molar-refractivity contribution in [2.45, 2.75) is 12.5 Å². The number of ether oxygens (including phenoxy) is 1. The number of aromatic nitrogens is 2. The van der Waals surface area contributed by atoms with E-state index in [9.17, 15) is 9.59 Å². The molecular weight excluding hydrogens is 306 g/mol. The highest BCUT2D eigenvalue weighted by Crippen LogP contribution is 2.19. The van der Waals surface area contributed by atoms with Crippen LogP contribution in [0, 0.1) is 0 Å². The quantitative estimate of drug-likeness (QED) is 0.704. The molecule has 0 saturated heterocycles. The lowest BCUT2D eigenvalue weighted by Crippen LogP contribution is -2.43. The highest BCUT2D eigenvalue weighted by Gasteiger charge is 2.23. The highest BCUT2D eigenvalue weighted by atomic mass is 16.5. The number of hydrogen-bond donors (Lipinski definition) is 2. The minimum atomic E-state index is -0.776. The summed E-state index contributed by atoms with van der Waals surface area (Å²) >= 11 is 0.